The van der Waals surface area contributed by atoms with E-state index < -0.39 is 10.0 Å². The summed E-state index contributed by atoms with van der Waals surface area (Å²) in [4.78, 5) is 1.42. The van der Waals surface area contributed by atoms with Gasteiger partial charge in [-0.15, -0.1) is 11.3 Å². The minimum absolute atomic E-state index is 0.115. The van der Waals surface area contributed by atoms with Gasteiger partial charge in [-0.25, -0.2) is 13.6 Å². The summed E-state index contributed by atoms with van der Waals surface area (Å²) in [5, 5.41) is 8.49. The lowest BCUT2D eigenvalue weighted by Gasteiger charge is -2.15. The first-order chi connectivity index (χ1) is 9.43. The van der Waals surface area contributed by atoms with Crippen molar-refractivity contribution < 1.29 is 8.42 Å². The topological polar surface area (TPSA) is 72.2 Å². The van der Waals surface area contributed by atoms with Crippen molar-refractivity contribution in [2.45, 2.75) is 23.8 Å². The van der Waals surface area contributed by atoms with Crippen LogP contribution in [0.15, 0.2) is 35.2 Å². The van der Waals surface area contributed by atoms with Crippen molar-refractivity contribution in [3.05, 3.63) is 45.1 Å². The van der Waals surface area contributed by atoms with Crippen LogP contribution >= 0.6 is 22.9 Å². The molecule has 0 amide bonds. The largest absolute Gasteiger partial charge is 0.378 e. The van der Waals surface area contributed by atoms with Crippen molar-refractivity contribution in [1.29, 1.82) is 0 Å². The molecule has 0 spiro atoms. The highest BCUT2D eigenvalue weighted by atomic mass is 35.5. The summed E-state index contributed by atoms with van der Waals surface area (Å²) >= 11 is 7.63. The molecule has 1 aliphatic rings. The molecule has 0 bridgehead atoms. The number of primary sulfonamides is 1. The molecule has 2 aromatic rings. The molecule has 0 saturated heterocycles. The van der Waals surface area contributed by atoms with E-state index in [2.05, 4.69) is 5.32 Å². The molecule has 1 aliphatic carbocycles. The molecular formula is C13H13ClN2O2S2. The lowest BCUT2D eigenvalue weighted by molar-refractivity contribution is 0.598. The highest BCUT2D eigenvalue weighted by Gasteiger charge is 2.25. The smallest absolute Gasteiger partial charge is 0.238 e. The van der Waals surface area contributed by atoms with Crippen molar-refractivity contribution in [3.8, 4) is 0 Å². The van der Waals surface area contributed by atoms with Crippen LogP contribution in [-0.2, 0) is 16.4 Å². The molecule has 0 saturated carbocycles. The summed E-state index contributed by atoms with van der Waals surface area (Å²) in [6.45, 7) is 0. The Hall–Kier alpha value is -1.08. The van der Waals surface area contributed by atoms with Crippen LogP contribution in [0.1, 0.15) is 22.9 Å². The number of anilines is 1. The predicted octanol–water partition coefficient (Wildman–Crippen LogP) is 3.15. The molecule has 3 N–H and O–H groups in total. The number of hydrogen-bond acceptors (Lipinski definition) is 4. The first-order valence-corrected chi connectivity index (χ1v) is 8.85. The van der Waals surface area contributed by atoms with Gasteiger partial charge in [-0.1, -0.05) is 17.7 Å². The number of aryl methyl sites for hydroxylation is 1. The SMILES string of the molecule is NS(=O)(=O)c1cccc(NC2CCc3sc(Cl)cc32)c1. The molecule has 3 rings (SSSR count). The second-order valence-electron chi connectivity index (χ2n) is 4.74. The van der Waals surface area contributed by atoms with Crippen molar-refractivity contribution in [1.82, 2.24) is 0 Å². The van der Waals surface area contributed by atoms with Gasteiger partial charge in [0.25, 0.3) is 0 Å². The number of rotatable bonds is 3. The Morgan fingerprint density at radius 3 is 2.90 bits per heavy atom. The third-order valence-corrected chi connectivity index (χ3v) is 5.60. The summed E-state index contributed by atoms with van der Waals surface area (Å²) < 4.78 is 23.5. The Morgan fingerprint density at radius 1 is 1.35 bits per heavy atom. The molecule has 1 aromatic heterocycles. The summed E-state index contributed by atoms with van der Waals surface area (Å²) in [6, 6.07) is 8.71. The maximum Gasteiger partial charge on any atom is 0.238 e. The standard InChI is InChI=1S/C13H13ClN2O2S2/c14-13-7-10-11(4-5-12(10)19-13)16-8-2-1-3-9(6-8)20(15,17)18/h1-3,6-7,11,16H,4-5H2,(H2,15,17,18). The fourth-order valence-electron chi connectivity index (χ4n) is 2.44. The van der Waals surface area contributed by atoms with Gasteiger partial charge in [0.2, 0.25) is 10.0 Å². The van der Waals surface area contributed by atoms with E-state index >= 15 is 0 Å². The summed E-state index contributed by atoms with van der Waals surface area (Å²) in [6.07, 6.45) is 1.98. The Labute approximate surface area is 126 Å². The molecule has 0 fully saturated rings. The van der Waals surface area contributed by atoms with Gasteiger partial charge < -0.3 is 5.32 Å². The van der Waals surface area contributed by atoms with Crippen LogP contribution in [0.3, 0.4) is 0 Å². The Morgan fingerprint density at radius 2 is 2.15 bits per heavy atom. The average molecular weight is 329 g/mol. The van der Waals surface area contributed by atoms with E-state index in [-0.39, 0.29) is 10.9 Å². The zero-order valence-corrected chi connectivity index (χ0v) is 12.9. The second kappa shape index (κ2) is 5.04. The van der Waals surface area contributed by atoms with Gasteiger partial charge in [0, 0.05) is 10.6 Å². The maximum absolute atomic E-state index is 11.4. The van der Waals surface area contributed by atoms with Crippen LogP contribution < -0.4 is 10.5 Å². The van der Waals surface area contributed by atoms with E-state index in [1.807, 2.05) is 12.1 Å². The summed E-state index contributed by atoms with van der Waals surface area (Å²) in [5.41, 5.74) is 1.96. The highest BCUT2D eigenvalue weighted by Crippen LogP contribution is 2.40. The molecule has 1 heterocycles. The number of hydrogen-bond donors (Lipinski definition) is 2. The van der Waals surface area contributed by atoms with E-state index in [4.69, 9.17) is 16.7 Å². The Kier molecular flexibility index (Phi) is 3.50. The van der Waals surface area contributed by atoms with Crippen molar-refractivity contribution in [2.24, 2.45) is 5.14 Å². The third-order valence-electron chi connectivity index (χ3n) is 3.35. The molecule has 1 unspecified atom stereocenters. The monoisotopic (exact) mass is 328 g/mol. The van der Waals surface area contributed by atoms with Crippen LogP contribution in [-0.4, -0.2) is 8.42 Å². The summed E-state index contributed by atoms with van der Waals surface area (Å²) in [5.74, 6) is 0. The number of thiophene rings is 1. The van der Waals surface area contributed by atoms with E-state index in [0.29, 0.717) is 0 Å². The van der Waals surface area contributed by atoms with E-state index in [9.17, 15) is 8.42 Å². The first kappa shape index (κ1) is 13.9. The fraction of sp³-hybridized carbons (Fsp3) is 0.231. The minimum Gasteiger partial charge on any atom is -0.378 e. The molecule has 0 aliphatic heterocycles. The molecule has 20 heavy (non-hydrogen) atoms. The van der Waals surface area contributed by atoms with Crippen LogP contribution in [0.25, 0.3) is 0 Å². The molecular weight excluding hydrogens is 316 g/mol. The maximum atomic E-state index is 11.4. The second-order valence-corrected chi connectivity index (χ2v) is 8.07. The molecule has 7 heteroatoms. The number of sulfonamides is 1. The van der Waals surface area contributed by atoms with E-state index in [1.54, 1.807) is 23.5 Å². The first-order valence-electron chi connectivity index (χ1n) is 6.11. The van der Waals surface area contributed by atoms with Crippen LogP contribution in [0.2, 0.25) is 4.34 Å². The number of benzene rings is 1. The lowest BCUT2D eigenvalue weighted by Crippen LogP contribution is -2.13. The van der Waals surface area contributed by atoms with Crippen LogP contribution in [0.4, 0.5) is 5.69 Å². The van der Waals surface area contributed by atoms with Gasteiger partial charge in [0.15, 0.2) is 0 Å². The van der Waals surface area contributed by atoms with Gasteiger partial charge in [-0.3, -0.25) is 0 Å². The number of halogens is 1. The normalized spacial score (nSPS) is 18.0. The third kappa shape index (κ3) is 2.69. The van der Waals surface area contributed by atoms with E-state index in [0.717, 1.165) is 22.9 Å². The van der Waals surface area contributed by atoms with Gasteiger partial charge in [0.05, 0.1) is 15.3 Å². The molecule has 1 atom stereocenters. The molecule has 106 valence electrons. The number of nitrogens with one attached hydrogen (secondary N) is 1. The Balaban J connectivity index is 1.86. The van der Waals surface area contributed by atoms with Crippen molar-refractivity contribution in [3.63, 3.8) is 0 Å². The quantitative estimate of drug-likeness (QED) is 0.909. The van der Waals surface area contributed by atoms with Crippen LogP contribution in [0.5, 0.6) is 0 Å². The minimum atomic E-state index is -3.67. The number of fused-ring (bicyclic) bond motifs is 1. The van der Waals surface area contributed by atoms with Gasteiger partial charge >= 0.3 is 0 Å². The molecule has 4 nitrogen and oxygen atoms in total. The molecule has 1 aromatic carbocycles. The number of nitrogens with two attached hydrogens (primary N) is 1. The van der Waals surface area contributed by atoms with Crippen molar-refractivity contribution >= 4 is 38.6 Å². The van der Waals surface area contributed by atoms with Crippen LogP contribution in [0, 0.1) is 0 Å². The van der Waals surface area contributed by atoms with Crippen molar-refractivity contribution in [2.75, 3.05) is 5.32 Å². The zero-order valence-electron chi connectivity index (χ0n) is 10.5. The van der Waals surface area contributed by atoms with Gasteiger partial charge in [-0.2, -0.15) is 0 Å². The predicted molar refractivity (Wildman–Crippen MR) is 81.8 cm³/mol. The fourth-order valence-corrected chi connectivity index (χ4v) is 4.36. The Bertz CT molecular complexity index is 755. The highest BCUT2D eigenvalue weighted by molar-refractivity contribution is 7.89. The van der Waals surface area contributed by atoms with E-state index in [1.165, 1.54) is 16.5 Å². The zero-order chi connectivity index (χ0) is 14.3. The average Bonchev–Trinajstić information content (AvgIpc) is 2.90. The summed E-state index contributed by atoms with van der Waals surface area (Å²) in [7, 11) is -3.67. The van der Waals surface area contributed by atoms with Gasteiger partial charge in [0.1, 0.15) is 0 Å². The lowest BCUT2D eigenvalue weighted by atomic mass is 10.1. The molecule has 0 radical (unpaired) electrons. The van der Waals surface area contributed by atoms with Gasteiger partial charge in [-0.05, 0) is 42.7 Å².